The summed E-state index contributed by atoms with van der Waals surface area (Å²) in [5.41, 5.74) is 6.78. The van der Waals surface area contributed by atoms with Gasteiger partial charge in [-0.1, -0.05) is 12.1 Å². The highest BCUT2D eigenvalue weighted by Crippen LogP contribution is 2.25. The average Bonchev–Trinajstić information content (AvgIpc) is 2.95. The van der Waals surface area contributed by atoms with Crippen LogP contribution < -0.4 is 16.2 Å². The van der Waals surface area contributed by atoms with E-state index in [4.69, 9.17) is 5.11 Å². The predicted molar refractivity (Wildman–Crippen MR) is 78.2 cm³/mol. The number of benzene rings is 1. The summed E-state index contributed by atoms with van der Waals surface area (Å²) in [6, 6.07) is 5.56. The Morgan fingerprint density at radius 1 is 1.41 bits per heavy atom. The van der Waals surface area contributed by atoms with Crippen LogP contribution >= 0.6 is 0 Å². The van der Waals surface area contributed by atoms with Gasteiger partial charge in [0.15, 0.2) is 0 Å². The van der Waals surface area contributed by atoms with E-state index in [1.165, 1.54) is 12.1 Å². The molecule has 0 aromatic heterocycles. The quantitative estimate of drug-likeness (QED) is 0.628. The monoisotopic (exact) mass is 309 g/mol. The van der Waals surface area contributed by atoms with E-state index < -0.39 is 5.97 Å². The third-order valence-corrected chi connectivity index (χ3v) is 3.73. The summed E-state index contributed by atoms with van der Waals surface area (Å²) in [5, 5.41) is 11.5. The molecule has 0 spiro atoms. The fourth-order valence-corrected chi connectivity index (χ4v) is 2.49. The Labute approximate surface area is 128 Å². The molecule has 1 aromatic carbocycles. The molecule has 1 saturated heterocycles. The zero-order chi connectivity index (χ0) is 16.1. The molecule has 120 valence electrons. The van der Waals surface area contributed by atoms with Crippen molar-refractivity contribution in [2.45, 2.75) is 31.8 Å². The number of halogens is 1. The molecule has 3 unspecified atom stereocenters. The highest BCUT2D eigenvalue weighted by atomic mass is 19.1. The zero-order valence-corrected chi connectivity index (χ0v) is 12.3. The molecule has 1 amide bonds. The van der Waals surface area contributed by atoms with Crippen LogP contribution in [0.25, 0.3) is 0 Å². The lowest BCUT2D eigenvalue weighted by atomic mass is 9.94. The predicted octanol–water partition coefficient (Wildman–Crippen LogP) is 0.960. The van der Waals surface area contributed by atoms with Crippen LogP contribution in [0.2, 0.25) is 0 Å². The molecule has 2 rings (SSSR count). The summed E-state index contributed by atoms with van der Waals surface area (Å²) in [5.74, 6) is -1.69. The second-order valence-corrected chi connectivity index (χ2v) is 5.50. The Morgan fingerprint density at radius 3 is 2.73 bits per heavy atom. The molecule has 0 aliphatic carbocycles. The fraction of sp³-hybridized carbons (Fsp3) is 0.467. The van der Waals surface area contributed by atoms with E-state index in [2.05, 4.69) is 16.2 Å². The van der Waals surface area contributed by atoms with Gasteiger partial charge in [-0.3, -0.25) is 15.0 Å². The Bertz CT molecular complexity index is 535. The van der Waals surface area contributed by atoms with Gasteiger partial charge in [-0.05, 0) is 31.0 Å². The van der Waals surface area contributed by atoms with E-state index in [0.717, 1.165) is 5.56 Å². The minimum atomic E-state index is -0.880. The number of amides is 1. The number of hydrogen-bond acceptors (Lipinski definition) is 4. The molecule has 1 aromatic rings. The summed E-state index contributed by atoms with van der Waals surface area (Å²) in [6.07, 6.45) is 0.403. The van der Waals surface area contributed by atoms with Crippen LogP contribution in [0.1, 0.15) is 31.4 Å². The van der Waals surface area contributed by atoms with Crippen LogP contribution in [0.4, 0.5) is 4.39 Å². The zero-order valence-electron chi connectivity index (χ0n) is 12.3. The highest BCUT2D eigenvalue weighted by Gasteiger charge is 2.34. The van der Waals surface area contributed by atoms with Gasteiger partial charge >= 0.3 is 5.97 Å². The van der Waals surface area contributed by atoms with Gasteiger partial charge in [-0.2, -0.15) is 0 Å². The minimum absolute atomic E-state index is 0.0179. The molecule has 0 radical (unpaired) electrons. The fourth-order valence-electron chi connectivity index (χ4n) is 2.49. The molecule has 1 aliphatic rings. The largest absolute Gasteiger partial charge is 0.481 e. The molecule has 0 saturated carbocycles. The standard InChI is InChI=1S/C15H20FN3O3/c1-9(2-7-13(20)21)18-15(22)12-8-17-19-14(12)10-3-5-11(16)6-4-10/h3-6,9,12,14,17,19H,2,7-8H2,1H3,(H,18,22)(H,20,21). The van der Waals surface area contributed by atoms with Crippen molar-refractivity contribution in [1.29, 1.82) is 0 Å². The topological polar surface area (TPSA) is 90.5 Å². The molecule has 7 heteroatoms. The van der Waals surface area contributed by atoms with Gasteiger partial charge in [0.2, 0.25) is 5.91 Å². The molecular weight excluding hydrogens is 289 g/mol. The molecule has 3 atom stereocenters. The minimum Gasteiger partial charge on any atom is -0.481 e. The first-order chi connectivity index (χ1) is 10.5. The smallest absolute Gasteiger partial charge is 0.303 e. The Morgan fingerprint density at radius 2 is 2.09 bits per heavy atom. The molecule has 22 heavy (non-hydrogen) atoms. The van der Waals surface area contributed by atoms with Gasteiger partial charge in [-0.15, -0.1) is 0 Å². The van der Waals surface area contributed by atoms with Crippen molar-refractivity contribution in [2.75, 3.05) is 6.54 Å². The first kappa shape index (κ1) is 16.4. The second-order valence-electron chi connectivity index (χ2n) is 5.50. The van der Waals surface area contributed by atoms with E-state index in [0.29, 0.717) is 13.0 Å². The van der Waals surface area contributed by atoms with Gasteiger partial charge in [0.1, 0.15) is 5.82 Å². The first-order valence-corrected chi connectivity index (χ1v) is 7.23. The van der Waals surface area contributed by atoms with Crippen LogP contribution in [0, 0.1) is 11.7 Å². The maximum Gasteiger partial charge on any atom is 0.303 e. The van der Waals surface area contributed by atoms with Crippen LogP contribution in [0.5, 0.6) is 0 Å². The van der Waals surface area contributed by atoms with Crippen LogP contribution in [0.15, 0.2) is 24.3 Å². The maximum absolute atomic E-state index is 13.0. The average molecular weight is 309 g/mol. The van der Waals surface area contributed by atoms with Crippen LogP contribution in [-0.2, 0) is 9.59 Å². The molecule has 1 aliphatic heterocycles. The lowest BCUT2D eigenvalue weighted by molar-refractivity contribution is -0.137. The van der Waals surface area contributed by atoms with Crippen molar-refractivity contribution < 1.29 is 19.1 Å². The number of rotatable bonds is 6. The van der Waals surface area contributed by atoms with Gasteiger partial charge in [0.25, 0.3) is 0 Å². The lowest BCUT2D eigenvalue weighted by Crippen LogP contribution is -2.40. The molecule has 0 bridgehead atoms. The Hall–Kier alpha value is -1.99. The highest BCUT2D eigenvalue weighted by molar-refractivity contribution is 5.80. The van der Waals surface area contributed by atoms with Gasteiger partial charge in [0.05, 0.1) is 12.0 Å². The summed E-state index contributed by atoms with van der Waals surface area (Å²) in [6.45, 7) is 2.24. The van der Waals surface area contributed by atoms with Crippen molar-refractivity contribution in [3.05, 3.63) is 35.6 Å². The van der Waals surface area contributed by atoms with Crippen molar-refractivity contribution in [1.82, 2.24) is 16.2 Å². The molecule has 6 nitrogen and oxygen atoms in total. The number of hydrogen-bond donors (Lipinski definition) is 4. The Balaban J connectivity index is 1.96. The van der Waals surface area contributed by atoms with E-state index in [9.17, 15) is 14.0 Å². The third kappa shape index (κ3) is 4.25. The molecule has 4 N–H and O–H groups in total. The summed E-state index contributed by atoms with van der Waals surface area (Å²) < 4.78 is 13.0. The van der Waals surface area contributed by atoms with Crippen molar-refractivity contribution in [3.8, 4) is 0 Å². The normalized spacial score (nSPS) is 22.3. The maximum atomic E-state index is 13.0. The Kier molecular flexibility index (Phi) is 5.46. The number of carboxylic acid groups (broad SMARTS) is 1. The molecular formula is C15H20FN3O3. The van der Waals surface area contributed by atoms with E-state index >= 15 is 0 Å². The second kappa shape index (κ2) is 7.33. The van der Waals surface area contributed by atoms with Gasteiger partial charge < -0.3 is 10.4 Å². The van der Waals surface area contributed by atoms with Crippen molar-refractivity contribution in [3.63, 3.8) is 0 Å². The number of nitrogens with one attached hydrogen (secondary N) is 3. The summed E-state index contributed by atoms with van der Waals surface area (Å²) in [7, 11) is 0. The molecule has 1 fully saturated rings. The van der Waals surface area contributed by atoms with Crippen LogP contribution in [-0.4, -0.2) is 29.6 Å². The number of carbonyl (C=O) groups excluding carboxylic acids is 1. The SMILES string of the molecule is CC(CCC(=O)O)NC(=O)C1CNNC1c1ccc(F)cc1. The van der Waals surface area contributed by atoms with E-state index in [1.54, 1.807) is 19.1 Å². The number of aliphatic carboxylic acids is 1. The number of carboxylic acids is 1. The van der Waals surface area contributed by atoms with Crippen molar-refractivity contribution >= 4 is 11.9 Å². The van der Waals surface area contributed by atoms with Crippen molar-refractivity contribution in [2.24, 2.45) is 5.92 Å². The van der Waals surface area contributed by atoms with Gasteiger partial charge in [-0.25, -0.2) is 9.82 Å². The number of carbonyl (C=O) groups is 2. The van der Waals surface area contributed by atoms with E-state index in [1.807, 2.05) is 0 Å². The van der Waals surface area contributed by atoms with Crippen LogP contribution in [0.3, 0.4) is 0 Å². The summed E-state index contributed by atoms with van der Waals surface area (Å²) in [4.78, 5) is 22.9. The number of hydrazine groups is 1. The summed E-state index contributed by atoms with van der Waals surface area (Å²) >= 11 is 0. The first-order valence-electron chi connectivity index (χ1n) is 7.23. The van der Waals surface area contributed by atoms with Gasteiger partial charge in [0, 0.05) is 19.0 Å². The van der Waals surface area contributed by atoms with E-state index in [-0.39, 0.29) is 36.1 Å². The third-order valence-electron chi connectivity index (χ3n) is 3.73. The lowest BCUT2D eigenvalue weighted by Gasteiger charge is -2.21. The molecule has 1 heterocycles.